The summed E-state index contributed by atoms with van der Waals surface area (Å²) in [4.78, 5) is 0. The van der Waals surface area contributed by atoms with Crippen LogP contribution in [0.15, 0.2) is 0 Å². The fourth-order valence-corrected chi connectivity index (χ4v) is 0.440. The first-order valence-corrected chi connectivity index (χ1v) is 6.24. The second-order valence-electron chi connectivity index (χ2n) is 2.67. The molecular formula is C19H33CeLi2O2. The summed E-state index contributed by atoms with van der Waals surface area (Å²) in [6.07, 6.45) is 7.50. The molecule has 0 spiro atoms. The van der Waals surface area contributed by atoms with E-state index in [1.165, 1.54) is 32.1 Å². The van der Waals surface area contributed by atoms with E-state index >= 15 is 0 Å². The standard InChI is InChI=1S/C4H8O2.5C3H5.Ce.2Li/c1-2-6-4-3-5-1;5*1-3-2;;;/h1-4H2;5*3H,1-2H2;;;. The van der Waals surface area contributed by atoms with Crippen molar-refractivity contribution in [3.8, 4) is 0 Å². The molecule has 0 saturated carbocycles. The van der Waals surface area contributed by atoms with Crippen molar-refractivity contribution in [1.82, 2.24) is 0 Å². The summed E-state index contributed by atoms with van der Waals surface area (Å²) < 4.78 is 9.89. The maximum Gasteiger partial charge on any atom is 0.0701 e. The zero-order valence-corrected chi connectivity index (χ0v) is 19.2. The van der Waals surface area contributed by atoms with Gasteiger partial charge >= 0.3 is 0 Å². The molecule has 0 unspecified atom stereocenters. The van der Waals surface area contributed by atoms with Crippen molar-refractivity contribution in [2.75, 3.05) is 26.4 Å². The Hall–Kier alpha value is 2.49. The third-order valence-electron chi connectivity index (χ3n) is 0.744. The summed E-state index contributed by atoms with van der Waals surface area (Å²) in [5.41, 5.74) is 0. The number of ether oxygens (including phenoxy) is 2. The van der Waals surface area contributed by atoms with Gasteiger partial charge in [-0.15, -0.1) is 0 Å². The summed E-state index contributed by atoms with van der Waals surface area (Å²) in [6, 6.07) is 0. The molecule has 0 atom stereocenters. The van der Waals surface area contributed by atoms with Crippen LogP contribution < -0.4 is 0 Å². The van der Waals surface area contributed by atoms with Crippen molar-refractivity contribution in [2.45, 2.75) is 0 Å². The van der Waals surface area contributed by atoms with Crippen molar-refractivity contribution in [1.29, 1.82) is 0 Å². The Bertz CT molecular complexity index is 74.3. The van der Waals surface area contributed by atoms with Crippen LogP contribution in [-0.4, -0.2) is 64.1 Å². The van der Waals surface area contributed by atoms with Crippen molar-refractivity contribution in [3.05, 3.63) is 101 Å². The summed E-state index contributed by atoms with van der Waals surface area (Å²) in [6.45, 7) is 35.6. The minimum absolute atomic E-state index is 0. The molecule has 1 aliphatic heterocycles. The Morgan fingerprint density at radius 1 is 0.417 bits per heavy atom. The van der Waals surface area contributed by atoms with Gasteiger partial charge in [0.15, 0.2) is 0 Å². The van der Waals surface area contributed by atoms with Crippen LogP contribution in [0.1, 0.15) is 0 Å². The van der Waals surface area contributed by atoms with Crippen LogP contribution in [0.2, 0.25) is 0 Å². The van der Waals surface area contributed by atoms with Gasteiger partial charge in [0.05, 0.1) is 26.4 Å². The van der Waals surface area contributed by atoms with Gasteiger partial charge in [-0.2, -0.15) is 0 Å². The number of rotatable bonds is 0. The van der Waals surface area contributed by atoms with Gasteiger partial charge < -0.3 is 9.47 Å². The Labute approximate surface area is 214 Å². The molecule has 0 N–H and O–H groups in total. The van der Waals surface area contributed by atoms with Gasteiger partial charge in [0.2, 0.25) is 0 Å². The quantitative estimate of drug-likeness (QED) is 0.529. The molecule has 1 fully saturated rings. The molecule has 0 amide bonds. The van der Waals surface area contributed by atoms with Gasteiger partial charge in [-0.3, -0.25) is 0 Å². The average molecular weight is 447 g/mol. The molecule has 0 bridgehead atoms. The van der Waals surface area contributed by atoms with Gasteiger partial charge in [0, 0.05) is 79.5 Å². The first kappa shape index (κ1) is 50.3. The Morgan fingerprint density at radius 2 is 0.500 bits per heavy atom. The minimum atomic E-state index is 0. The molecule has 0 aromatic rings. The van der Waals surface area contributed by atoms with Crippen LogP contribution in [0.5, 0.6) is 0 Å². The van der Waals surface area contributed by atoms with E-state index < -0.39 is 0 Å². The van der Waals surface area contributed by atoms with Gasteiger partial charge in [-0.1, -0.05) is 0 Å². The predicted octanol–water partition coefficient (Wildman–Crippen LogP) is 3.57. The van der Waals surface area contributed by atoms with E-state index in [0.29, 0.717) is 0 Å². The summed E-state index contributed by atoms with van der Waals surface area (Å²) in [7, 11) is 0. The molecule has 127 valence electrons. The zero-order chi connectivity index (χ0) is 17.8. The van der Waals surface area contributed by atoms with E-state index in [9.17, 15) is 0 Å². The normalized spacial score (nSPS) is 9.75. The maximum absolute atomic E-state index is 4.94. The van der Waals surface area contributed by atoms with Crippen molar-refractivity contribution in [2.24, 2.45) is 0 Å². The molecule has 1 aliphatic rings. The first-order chi connectivity index (χ1) is 10.1. The monoisotopic (exact) mass is 447 g/mol. The molecule has 5 heteroatoms. The van der Waals surface area contributed by atoms with E-state index in [-0.39, 0.29) is 79.5 Å². The number of hydrogen-bond acceptors (Lipinski definition) is 2. The molecule has 1 rings (SSSR count). The van der Waals surface area contributed by atoms with E-state index in [4.69, 9.17) is 9.47 Å². The van der Waals surface area contributed by atoms with Gasteiger partial charge in [0.25, 0.3) is 0 Å². The van der Waals surface area contributed by atoms with Gasteiger partial charge in [0.1, 0.15) is 0 Å². The van der Waals surface area contributed by atoms with Crippen LogP contribution in [0, 0.1) is 143 Å². The molecule has 1 saturated heterocycles. The molecule has 0 aliphatic carbocycles. The van der Waals surface area contributed by atoms with Gasteiger partial charge in [-0.25, -0.2) is 0 Å². The van der Waals surface area contributed by atoms with E-state index in [2.05, 4.69) is 69.2 Å². The third kappa shape index (κ3) is 187. The van der Waals surface area contributed by atoms with E-state index in [1.54, 1.807) is 0 Å². The smallest absolute Gasteiger partial charge is 0.0701 e. The second kappa shape index (κ2) is 84.0. The fourth-order valence-electron chi connectivity index (χ4n) is 0.440. The zero-order valence-electron chi connectivity index (χ0n) is 16.1. The maximum atomic E-state index is 4.94. The minimum Gasteiger partial charge on any atom is -0.377 e. The molecule has 1 heterocycles. The van der Waals surface area contributed by atoms with Crippen molar-refractivity contribution >= 4 is 37.7 Å². The molecule has 0 aromatic carbocycles. The molecule has 0 aromatic heterocycles. The SMILES string of the molecule is C1COCCO1.[CH2][CH][CH2].[CH2][CH][CH2].[CH2][CH][CH2].[CH2][CH][CH2].[CH2][CH][CH2].[Ce].[Li].[Li]. The van der Waals surface area contributed by atoms with Crippen LogP contribution in [0.25, 0.3) is 0 Å². The van der Waals surface area contributed by atoms with Crippen LogP contribution in [0.4, 0.5) is 0 Å². The van der Waals surface area contributed by atoms with Crippen LogP contribution >= 0.6 is 0 Å². The second-order valence-corrected chi connectivity index (χ2v) is 2.67. The Balaban J connectivity index is -0.0000000216. The summed E-state index contributed by atoms with van der Waals surface area (Å²) in [5.74, 6) is 0. The molecular weight excluding hydrogens is 414 g/mol. The number of hydrogen-bond donors (Lipinski definition) is 0. The average Bonchev–Trinajstić information content (AvgIpc) is 2.45. The van der Waals surface area contributed by atoms with Crippen molar-refractivity contribution < 1.29 is 51.2 Å². The van der Waals surface area contributed by atoms with Crippen LogP contribution in [0.3, 0.4) is 0 Å². The largest absolute Gasteiger partial charge is 0.377 e. The first-order valence-electron chi connectivity index (χ1n) is 6.24. The molecule has 17 radical (unpaired) electrons. The van der Waals surface area contributed by atoms with Crippen LogP contribution in [-0.2, 0) is 9.47 Å². The molecule has 2 nitrogen and oxygen atoms in total. The Kier molecular flexibility index (Phi) is 176. The predicted molar refractivity (Wildman–Crippen MR) is 108 cm³/mol. The van der Waals surface area contributed by atoms with Gasteiger partial charge in [-0.05, 0) is 101 Å². The Morgan fingerprint density at radius 3 is 0.542 bits per heavy atom. The third-order valence-corrected chi connectivity index (χ3v) is 0.744. The molecule has 24 heavy (non-hydrogen) atoms. The van der Waals surface area contributed by atoms with Crippen molar-refractivity contribution in [3.63, 3.8) is 0 Å². The van der Waals surface area contributed by atoms with E-state index in [0.717, 1.165) is 26.4 Å². The van der Waals surface area contributed by atoms with E-state index in [1.807, 2.05) is 0 Å². The summed E-state index contributed by atoms with van der Waals surface area (Å²) in [5, 5.41) is 0. The topological polar surface area (TPSA) is 18.5 Å². The fraction of sp³-hybridized carbons (Fsp3) is 0.211. The summed E-state index contributed by atoms with van der Waals surface area (Å²) >= 11 is 0.